The van der Waals surface area contributed by atoms with E-state index < -0.39 is 0 Å². The molecule has 0 aromatic rings. The Labute approximate surface area is 107 Å². The van der Waals surface area contributed by atoms with Crippen LogP contribution in [0.2, 0.25) is 0 Å². The second-order valence-electron chi connectivity index (χ2n) is 4.19. The molecule has 0 fully saturated rings. The van der Waals surface area contributed by atoms with Gasteiger partial charge in [0.1, 0.15) is 0 Å². The van der Waals surface area contributed by atoms with Gasteiger partial charge in [0.25, 0.3) is 11.8 Å². The first-order valence-electron chi connectivity index (χ1n) is 5.95. The Morgan fingerprint density at radius 2 is 1.56 bits per heavy atom. The fraction of sp³-hybridized carbons (Fsp3) is 0.667. The summed E-state index contributed by atoms with van der Waals surface area (Å²) in [6.45, 7) is 3.18. The molecule has 2 amide bonds. The highest BCUT2D eigenvalue weighted by Crippen LogP contribution is 2.02. The predicted molar refractivity (Wildman–Crippen MR) is 66.1 cm³/mol. The lowest BCUT2D eigenvalue weighted by Gasteiger charge is -2.14. The fourth-order valence-electron chi connectivity index (χ4n) is 1.38. The summed E-state index contributed by atoms with van der Waals surface area (Å²) >= 11 is 0. The summed E-state index contributed by atoms with van der Waals surface area (Å²) in [4.78, 5) is 25.6. The first-order chi connectivity index (χ1) is 8.61. The Hall–Kier alpha value is -1.24. The molecule has 0 radical (unpaired) electrons. The van der Waals surface area contributed by atoms with Crippen LogP contribution >= 0.6 is 0 Å². The number of amides is 2. The number of imide groups is 1. The van der Waals surface area contributed by atoms with E-state index in [-0.39, 0.29) is 11.8 Å². The zero-order chi connectivity index (χ0) is 13.4. The quantitative estimate of drug-likeness (QED) is 0.411. The van der Waals surface area contributed by atoms with E-state index >= 15 is 0 Å². The van der Waals surface area contributed by atoms with Gasteiger partial charge in [-0.3, -0.25) is 14.5 Å². The van der Waals surface area contributed by atoms with Crippen molar-refractivity contribution in [2.24, 2.45) is 0 Å². The van der Waals surface area contributed by atoms with Crippen molar-refractivity contribution in [3.8, 4) is 0 Å². The topological polar surface area (TPSA) is 59.1 Å². The molecule has 1 aliphatic rings. The van der Waals surface area contributed by atoms with E-state index in [1.165, 1.54) is 12.2 Å². The summed E-state index contributed by atoms with van der Waals surface area (Å²) in [6.07, 6.45) is 2.54. The summed E-state index contributed by atoms with van der Waals surface area (Å²) in [5, 5.41) is 0. The smallest absolute Gasteiger partial charge is 0.253 e. The molecule has 0 bridgehead atoms. The van der Waals surface area contributed by atoms with Crippen LogP contribution < -0.4 is 0 Å². The van der Waals surface area contributed by atoms with Crippen LogP contribution in [-0.4, -0.2) is 75.2 Å². The maximum Gasteiger partial charge on any atom is 0.253 e. The van der Waals surface area contributed by atoms with Gasteiger partial charge in [0, 0.05) is 18.7 Å². The summed E-state index contributed by atoms with van der Waals surface area (Å²) < 4.78 is 10.6. The number of rotatable bonds is 9. The van der Waals surface area contributed by atoms with Crippen molar-refractivity contribution >= 4 is 11.8 Å². The van der Waals surface area contributed by atoms with Crippen LogP contribution in [0.4, 0.5) is 0 Å². The highest BCUT2D eigenvalue weighted by Gasteiger charge is 2.22. The number of ether oxygens (including phenoxy) is 2. The van der Waals surface area contributed by atoms with Crippen LogP contribution in [0.3, 0.4) is 0 Å². The van der Waals surface area contributed by atoms with E-state index in [9.17, 15) is 9.59 Å². The van der Waals surface area contributed by atoms with Gasteiger partial charge in [-0.1, -0.05) is 0 Å². The highest BCUT2D eigenvalue weighted by atomic mass is 16.5. The predicted octanol–water partition coefficient (Wildman–Crippen LogP) is -0.494. The number of hydrogen-bond acceptors (Lipinski definition) is 5. The second kappa shape index (κ2) is 7.97. The van der Waals surface area contributed by atoms with E-state index in [2.05, 4.69) is 0 Å². The number of hydrogen-bond donors (Lipinski definition) is 0. The van der Waals surface area contributed by atoms with E-state index in [0.717, 1.165) is 11.4 Å². The molecule has 0 atom stereocenters. The largest absolute Gasteiger partial charge is 0.378 e. The number of nitrogens with zero attached hydrogens (tertiary/aromatic N) is 2. The first kappa shape index (κ1) is 14.8. The van der Waals surface area contributed by atoms with Crippen LogP contribution in [0.15, 0.2) is 12.2 Å². The normalized spacial score (nSPS) is 15.2. The highest BCUT2D eigenvalue weighted by molar-refractivity contribution is 6.12. The molecule has 0 N–H and O–H groups in total. The average Bonchev–Trinajstić information content (AvgIpc) is 2.63. The molecule has 0 aromatic heterocycles. The lowest BCUT2D eigenvalue weighted by Crippen LogP contribution is -2.33. The molecule has 1 rings (SSSR count). The number of carbonyl (C=O) groups excluding carboxylic acids is 2. The standard InChI is InChI=1S/C12H20N2O4/c1-13(2)5-7-17-9-10-18-8-6-14-11(15)3-4-12(14)16/h3-4H,5-10H2,1-2H3. The van der Waals surface area contributed by atoms with Crippen molar-refractivity contribution in [1.29, 1.82) is 0 Å². The minimum Gasteiger partial charge on any atom is -0.378 e. The third-order valence-electron chi connectivity index (χ3n) is 2.41. The Kier molecular flexibility index (Phi) is 6.56. The molecule has 0 saturated carbocycles. The molecule has 6 nitrogen and oxygen atoms in total. The SMILES string of the molecule is CN(C)CCOCCOCCN1C(=O)C=CC1=O. The maximum absolute atomic E-state index is 11.2. The second-order valence-corrected chi connectivity index (χ2v) is 4.19. The third-order valence-corrected chi connectivity index (χ3v) is 2.41. The van der Waals surface area contributed by atoms with Crippen molar-refractivity contribution < 1.29 is 19.1 Å². The minimum absolute atomic E-state index is 0.272. The van der Waals surface area contributed by atoms with Crippen molar-refractivity contribution in [1.82, 2.24) is 9.80 Å². The van der Waals surface area contributed by atoms with Gasteiger partial charge in [0.05, 0.1) is 33.0 Å². The fourth-order valence-corrected chi connectivity index (χ4v) is 1.38. The van der Waals surface area contributed by atoms with Gasteiger partial charge in [-0.15, -0.1) is 0 Å². The molecule has 102 valence electrons. The molecular formula is C12H20N2O4. The Balaban J connectivity index is 1.93. The molecule has 0 saturated heterocycles. The van der Waals surface area contributed by atoms with Crippen LogP contribution in [0.5, 0.6) is 0 Å². The van der Waals surface area contributed by atoms with Crippen LogP contribution in [0.1, 0.15) is 0 Å². The van der Waals surface area contributed by atoms with Gasteiger partial charge >= 0.3 is 0 Å². The molecule has 1 heterocycles. The maximum atomic E-state index is 11.2. The van der Waals surface area contributed by atoms with E-state index in [1.54, 1.807) is 0 Å². The Bertz CT molecular complexity index is 297. The van der Waals surface area contributed by atoms with Crippen molar-refractivity contribution in [2.45, 2.75) is 0 Å². The number of likely N-dealkylation sites (N-methyl/N-ethyl adjacent to an activating group) is 1. The summed E-state index contributed by atoms with van der Waals surface area (Å²) in [5.74, 6) is -0.545. The van der Waals surface area contributed by atoms with E-state index in [0.29, 0.717) is 33.0 Å². The molecule has 0 spiro atoms. The van der Waals surface area contributed by atoms with Crippen LogP contribution in [0, 0.1) is 0 Å². The zero-order valence-corrected chi connectivity index (χ0v) is 10.9. The van der Waals surface area contributed by atoms with Gasteiger partial charge in [0.15, 0.2) is 0 Å². The monoisotopic (exact) mass is 256 g/mol. The van der Waals surface area contributed by atoms with Crippen molar-refractivity contribution in [3.63, 3.8) is 0 Å². The zero-order valence-electron chi connectivity index (χ0n) is 10.9. The van der Waals surface area contributed by atoms with Gasteiger partial charge in [0.2, 0.25) is 0 Å². The average molecular weight is 256 g/mol. The van der Waals surface area contributed by atoms with Crippen LogP contribution in [0.25, 0.3) is 0 Å². The van der Waals surface area contributed by atoms with Crippen molar-refractivity contribution in [2.75, 3.05) is 53.6 Å². The van der Waals surface area contributed by atoms with Crippen LogP contribution in [-0.2, 0) is 19.1 Å². The van der Waals surface area contributed by atoms with Crippen molar-refractivity contribution in [3.05, 3.63) is 12.2 Å². The number of carbonyl (C=O) groups is 2. The lowest BCUT2D eigenvalue weighted by atomic mass is 10.5. The summed E-state index contributed by atoms with van der Waals surface area (Å²) in [6, 6.07) is 0. The summed E-state index contributed by atoms with van der Waals surface area (Å²) in [7, 11) is 3.97. The Morgan fingerprint density at radius 1 is 1.00 bits per heavy atom. The van der Waals surface area contributed by atoms with Gasteiger partial charge in [-0.2, -0.15) is 0 Å². The molecule has 0 aliphatic carbocycles. The van der Waals surface area contributed by atoms with E-state index in [1.807, 2.05) is 19.0 Å². The minimum atomic E-state index is -0.272. The van der Waals surface area contributed by atoms with Gasteiger partial charge in [-0.25, -0.2) is 0 Å². The molecule has 18 heavy (non-hydrogen) atoms. The molecule has 1 aliphatic heterocycles. The molecule has 0 unspecified atom stereocenters. The first-order valence-corrected chi connectivity index (χ1v) is 5.95. The molecule has 6 heteroatoms. The van der Waals surface area contributed by atoms with Gasteiger partial charge in [-0.05, 0) is 14.1 Å². The molecular weight excluding hydrogens is 236 g/mol. The Morgan fingerprint density at radius 3 is 2.11 bits per heavy atom. The lowest BCUT2D eigenvalue weighted by molar-refractivity contribution is -0.137. The summed E-state index contributed by atoms with van der Waals surface area (Å²) in [5.41, 5.74) is 0. The van der Waals surface area contributed by atoms with Gasteiger partial charge < -0.3 is 14.4 Å². The molecule has 0 aromatic carbocycles. The third kappa shape index (κ3) is 5.39. The van der Waals surface area contributed by atoms with E-state index in [4.69, 9.17) is 9.47 Å².